The Morgan fingerprint density at radius 3 is 2.72 bits per heavy atom. The average molecular weight is 267 g/mol. The topological polar surface area (TPSA) is 42.1 Å². The number of likely N-dealkylation sites (tertiary alicyclic amines) is 1. The molecule has 1 fully saturated rings. The molecule has 0 spiro atoms. The molecule has 1 aromatic rings. The average Bonchev–Trinajstić information content (AvgIpc) is 2.63. The third-order valence-corrected chi connectivity index (χ3v) is 4.28. The molecule has 1 aromatic heterocycles. The smallest absolute Gasteiger partial charge is 0.107 e. The predicted octanol–water partition coefficient (Wildman–Crippen LogP) is 2.61. The Kier molecular flexibility index (Phi) is 4.09. The van der Waals surface area contributed by atoms with Crippen molar-refractivity contribution in [3.05, 3.63) is 16.1 Å². The van der Waals surface area contributed by atoms with Gasteiger partial charge in [0.05, 0.1) is 12.2 Å². The summed E-state index contributed by atoms with van der Waals surface area (Å²) in [6.07, 6.45) is 1.15. The summed E-state index contributed by atoms with van der Waals surface area (Å²) < 4.78 is 0. The SMILES string of the molecule is CC1CC(N)CN(Cc2nc(C(C)(C)C)cs2)C1. The van der Waals surface area contributed by atoms with Gasteiger partial charge in [-0.15, -0.1) is 11.3 Å². The summed E-state index contributed by atoms with van der Waals surface area (Å²) in [6.45, 7) is 12.0. The molecule has 102 valence electrons. The molecule has 1 aliphatic rings. The largest absolute Gasteiger partial charge is 0.327 e. The molecule has 1 saturated heterocycles. The van der Waals surface area contributed by atoms with Crippen molar-refractivity contribution < 1.29 is 0 Å². The van der Waals surface area contributed by atoms with Gasteiger partial charge < -0.3 is 5.73 Å². The summed E-state index contributed by atoms with van der Waals surface area (Å²) in [5.41, 5.74) is 7.44. The molecule has 4 heteroatoms. The molecule has 2 unspecified atom stereocenters. The van der Waals surface area contributed by atoms with E-state index < -0.39 is 0 Å². The van der Waals surface area contributed by atoms with Crippen LogP contribution in [0.15, 0.2) is 5.38 Å². The van der Waals surface area contributed by atoms with Gasteiger partial charge in [-0.2, -0.15) is 0 Å². The van der Waals surface area contributed by atoms with Crippen molar-refractivity contribution in [2.24, 2.45) is 11.7 Å². The number of piperidine rings is 1. The number of nitrogens with two attached hydrogens (primary N) is 1. The lowest BCUT2D eigenvalue weighted by Gasteiger charge is -2.34. The summed E-state index contributed by atoms with van der Waals surface area (Å²) in [6, 6.07) is 0.329. The molecular formula is C14H25N3S. The third-order valence-electron chi connectivity index (χ3n) is 3.45. The van der Waals surface area contributed by atoms with Gasteiger partial charge in [-0.05, 0) is 12.3 Å². The lowest BCUT2D eigenvalue weighted by molar-refractivity contribution is 0.158. The zero-order chi connectivity index (χ0) is 13.3. The van der Waals surface area contributed by atoms with Crippen LogP contribution in [0.3, 0.4) is 0 Å². The Morgan fingerprint density at radius 1 is 1.44 bits per heavy atom. The minimum Gasteiger partial charge on any atom is -0.327 e. The zero-order valence-electron chi connectivity index (χ0n) is 11.9. The van der Waals surface area contributed by atoms with E-state index in [-0.39, 0.29) is 5.41 Å². The van der Waals surface area contributed by atoms with E-state index in [9.17, 15) is 0 Å². The Morgan fingerprint density at radius 2 is 2.17 bits per heavy atom. The first kappa shape index (κ1) is 14.0. The highest BCUT2D eigenvalue weighted by molar-refractivity contribution is 7.09. The number of rotatable bonds is 2. The highest BCUT2D eigenvalue weighted by atomic mass is 32.1. The van der Waals surface area contributed by atoms with Crippen molar-refractivity contribution in [1.82, 2.24) is 9.88 Å². The van der Waals surface area contributed by atoms with Crippen LogP contribution in [-0.4, -0.2) is 29.0 Å². The van der Waals surface area contributed by atoms with Gasteiger partial charge in [0.2, 0.25) is 0 Å². The molecule has 2 N–H and O–H groups in total. The van der Waals surface area contributed by atoms with Crippen molar-refractivity contribution >= 4 is 11.3 Å². The maximum absolute atomic E-state index is 6.08. The van der Waals surface area contributed by atoms with Gasteiger partial charge in [0.15, 0.2) is 0 Å². The number of hydrogen-bond donors (Lipinski definition) is 1. The summed E-state index contributed by atoms with van der Waals surface area (Å²) in [5, 5.41) is 3.42. The third kappa shape index (κ3) is 3.53. The van der Waals surface area contributed by atoms with E-state index in [0.29, 0.717) is 12.0 Å². The van der Waals surface area contributed by atoms with E-state index in [0.717, 1.165) is 26.1 Å². The van der Waals surface area contributed by atoms with Crippen LogP contribution in [0, 0.1) is 5.92 Å². The normalized spacial score (nSPS) is 26.5. The van der Waals surface area contributed by atoms with Crippen molar-refractivity contribution in [3.8, 4) is 0 Å². The summed E-state index contributed by atoms with van der Waals surface area (Å²) in [5.74, 6) is 0.704. The second kappa shape index (κ2) is 5.27. The first-order valence-corrected chi connectivity index (χ1v) is 7.65. The lowest BCUT2D eigenvalue weighted by Crippen LogP contribution is -2.45. The highest BCUT2D eigenvalue weighted by Gasteiger charge is 2.23. The highest BCUT2D eigenvalue weighted by Crippen LogP contribution is 2.25. The molecule has 0 radical (unpaired) electrons. The van der Waals surface area contributed by atoms with Gasteiger partial charge in [0.1, 0.15) is 5.01 Å². The first-order chi connectivity index (χ1) is 8.34. The molecule has 0 bridgehead atoms. The van der Waals surface area contributed by atoms with E-state index in [4.69, 9.17) is 10.7 Å². The van der Waals surface area contributed by atoms with Crippen molar-refractivity contribution in [2.45, 2.75) is 52.1 Å². The quantitative estimate of drug-likeness (QED) is 0.895. The number of aromatic nitrogens is 1. The van der Waals surface area contributed by atoms with Crippen LogP contribution >= 0.6 is 11.3 Å². The molecule has 2 atom stereocenters. The van der Waals surface area contributed by atoms with Crippen molar-refractivity contribution in [2.75, 3.05) is 13.1 Å². The van der Waals surface area contributed by atoms with Crippen LogP contribution < -0.4 is 5.73 Å². The van der Waals surface area contributed by atoms with E-state index in [2.05, 4.69) is 38.0 Å². The zero-order valence-corrected chi connectivity index (χ0v) is 12.8. The molecule has 0 amide bonds. The molecular weight excluding hydrogens is 242 g/mol. The molecule has 0 aromatic carbocycles. The van der Waals surface area contributed by atoms with Gasteiger partial charge in [0.25, 0.3) is 0 Å². The molecule has 0 saturated carbocycles. The molecule has 0 aliphatic carbocycles. The number of thiazole rings is 1. The first-order valence-electron chi connectivity index (χ1n) is 6.77. The minimum absolute atomic E-state index is 0.153. The maximum atomic E-state index is 6.08. The van der Waals surface area contributed by atoms with Crippen LogP contribution in [0.4, 0.5) is 0 Å². The van der Waals surface area contributed by atoms with Crippen LogP contribution in [0.25, 0.3) is 0 Å². The molecule has 2 rings (SSSR count). The Balaban J connectivity index is 1.99. The fourth-order valence-electron chi connectivity index (χ4n) is 2.56. The number of hydrogen-bond acceptors (Lipinski definition) is 4. The van der Waals surface area contributed by atoms with Crippen LogP contribution in [0.1, 0.15) is 44.8 Å². The van der Waals surface area contributed by atoms with Crippen LogP contribution in [0.5, 0.6) is 0 Å². The maximum Gasteiger partial charge on any atom is 0.107 e. The van der Waals surface area contributed by atoms with Gasteiger partial charge in [0, 0.05) is 29.9 Å². The van der Waals surface area contributed by atoms with Gasteiger partial charge in [-0.25, -0.2) is 4.98 Å². The Bertz CT molecular complexity index is 384. The number of nitrogens with zero attached hydrogens (tertiary/aromatic N) is 2. The standard InChI is InChI=1S/C14H25N3S/c1-10-5-11(15)7-17(6-10)8-13-16-12(9-18-13)14(2,3)4/h9-11H,5-8,15H2,1-4H3. The van der Waals surface area contributed by atoms with Crippen LogP contribution in [-0.2, 0) is 12.0 Å². The molecule has 3 nitrogen and oxygen atoms in total. The second-order valence-electron chi connectivity index (χ2n) is 6.67. The fourth-order valence-corrected chi connectivity index (χ4v) is 3.62. The van der Waals surface area contributed by atoms with Gasteiger partial charge in [-0.3, -0.25) is 4.90 Å². The van der Waals surface area contributed by atoms with Crippen molar-refractivity contribution in [3.63, 3.8) is 0 Å². The van der Waals surface area contributed by atoms with E-state index >= 15 is 0 Å². The predicted molar refractivity (Wildman–Crippen MR) is 77.8 cm³/mol. The molecule has 1 aliphatic heterocycles. The fraction of sp³-hybridized carbons (Fsp3) is 0.786. The lowest BCUT2D eigenvalue weighted by atomic mass is 9.93. The van der Waals surface area contributed by atoms with Crippen molar-refractivity contribution in [1.29, 1.82) is 0 Å². The summed E-state index contributed by atoms with van der Waals surface area (Å²) in [4.78, 5) is 7.21. The van der Waals surface area contributed by atoms with E-state index in [1.165, 1.54) is 10.7 Å². The molecule has 2 heterocycles. The minimum atomic E-state index is 0.153. The Labute approximate surface area is 114 Å². The second-order valence-corrected chi connectivity index (χ2v) is 7.61. The summed E-state index contributed by atoms with van der Waals surface area (Å²) in [7, 11) is 0. The Hall–Kier alpha value is -0.450. The summed E-state index contributed by atoms with van der Waals surface area (Å²) >= 11 is 1.78. The van der Waals surface area contributed by atoms with E-state index in [1.807, 2.05) is 0 Å². The molecule has 18 heavy (non-hydrogen) atoms. The van der Waals surface area contributed by atoms with Gasteiger partial charge in [-0.1, -0.05) is 27.7 Å². The van der Waals surface area contributed by atoms with E-state index in [1.54, 1.807) is 11.3 Å². The monoisotopic (exact) mass is 267 g/mol. The van der Waals surface area contributed by atoms with Gasteiger partial charge >= 0.3 is 0 Å². The van der Waals surface area contributed by atoms with Crippen LogP contribution in [0.2, 0.25) is 0 Å².